The Morgan fingerprint density at radius 3 is 1.86 bits per heavy atom. The molecule has 0 unspecified atom stereocenters. The minimum atomic E-state index is -4.83. The number of hydrogen-bond acceptors (Lipinski definition) is 9. The Kier molecular flexibility index (Phi) is 32.2. The summed E-state index contributed by atoms with van der Waals surface area (Å²) < 4.78 is 26.4. The van der Waals surface area contributed by atoms with Crippen LogP contribution in [0.5, 0.6) is 0 Å². The third kappa shape index (κ3) is 30.5. The molecule has 0 radical (unpaired) electrons. The van der Waals surface area contributed by atoms with E-state index >= 15 is 0 Å². The molecule has 0 amide bonds. The summed E-state index contributed by atoms with van der Waals surface area (Å²) in [5, 5.41) is 20.6. The fourth-order valence-electron chi connectivity index (χ4n) is 7.05. The number of allylic oxidation sites excluding steroid dienone is 4. The van der Waals surface area contributed by atoms with Crippen molar-refractivity contribution in [1.29, 1.82) is 0 Å². The van der Waals surface area contributed by atoms with Crippen molar-refractivity contribution in [3.8, 4) is 0 Å². The van der Waals surface area contributed by atoms with Crippen molar-refractivity contribution in [2.75, 3.05) is 13.2 Å². The lowest BCUT2D eigenvalue weighted by Crippen LogP contribution is -2.29. The molecule has 0 heterocycles. The van der Waals surface area contributed by atoms with Gasteiger partial charge in [0.05, 0.1) is 18.8 Å². The molecule has 0 aromatic carbocycles. The van der Waals surface area contributed by atoms with E-state index in [9.17, 15) is 29.2 Å². The molecule has 1 saturated carbocycles. The summed E-state index contributed by atoms with van der Waals surface area (Å²) >= 11 is 0. The van der Waals surface area contributed by atoms with Crippen LogP contribution < -0.4 is 0 Å². The van der Waals surface area contributed by atoms with Gasteiger partial charge in [0.1, 0.15) is 12.4 Å². The lowest BCUT2D eigenvalue weighted by molar-refractivity contribution is -0.161. The average molecular weight is 827 g/mol. The zero-order valence-electron chi connectivity index (χ0n) is 35.5. The smallest absolute Gasteiger partial charge is 0.462 e. The average Bonchev–Trinajstić information content (AvgIpc) is 3.44. The molecular weight excluding hydrogens is 747 g/mol. The van der Waals surface area contributed by atoms with Crippen LogP contribution in [0.15, 0.2) is 36.5 Å². The van der Waals surface area contributed by atoms with E-state index in [-0.39, 0.29) is 43.5 Å². The lowest BCUT2D eigenvalue weighted by Gasteiger charge is -2.18. The fourth-order valence-corrected chi connectivity index (χ4v) is 7.42. The first-order valence-electron chi connectivity index (χ1n) is 22.4. The van der Waals surface area contributed by atoms with Crippen molar-refractivity contribution in [3.05, 3.63) is 36.5 Å². The molecule has 0 spiro atoms. The normalized spacial score (nSPS) is 18.6. The highest BCUT2D eigenvalue weighted by Gasteiger charge is 2.39. The van der Waals surface area contributed by atoms with Crippen LogP contribution >= 0.6 is 7.82 Å². The molecule has 5 atom stereocenters. The first kappa shape index (κ1) is 52.9. The largest absolute Gasteiger partial charge is 0.469 e. The first-order valence-corrected chi connectivity index (χ1v) is 23.9. The van der Waals surface area contributed by atoms with E-state index in [2.05, 4.69) is 30.5 Å². The molecule has 57 heavy (non-hydrogen) atoms. The van der Waals surface area contributed by atoms with E-state index in [1.54, 1.807) is 12.2 Å². The minimum Gasteiger partial charge on any atom is -0.462 e. The van der Waals surface area contributed by atoms with Gasteiger partial charge in [0.2, 0.25) is 0 Å². The Bertz CT molecular complexity index is 1180. The zero-order chi connectivity index (χ0) is 42.0. The van der Waals surface area contributed by atoms with Crippen LogP contribution in [0.1, 0.15) is 187 Å². The van der Waals surface area contributed by atoms with Gasteiger partial charge in [-0.3, -0.25) is 18.9 Å². The molecular formula is C45H79O11P. The third-order valence-corrected chi connectivity index (χ3v) is 11.0. The second-order valence-electron chi connectivity index (χ2n) is 15.8. The molecule has 330 valence electrons. The van der Waals surface area contributed by atoms with Crippen molar-refractivity contribution in [2.45, 2.75) is 206 Å². The van der Waals surface area contributed by atoms with Crippen LogP contribution in [0, 0.1) is 11.8 Å². The van der Waals surface area contributed by atoms with Gasteiger partial charge in [0, 0.05) is 31.1 Å². The third-order valence-electron chi connectivity index (χ3n) is 10.5. The summed E-state index contributed by atoms with van der Waals surface area (Å²) in [7, 11) is -4.83. The van der Waals surface area contributed by atoms with Crippen molar-refractivity contribution in [1.82, 2.24) is 0 Å². The summed E-state index contributed by atoms with van der Waals surface area (Å²) in [6, 6.07) is 0. The van der Waals surface area contributed by atoms with Gasteiger partial charge >= 0.3 is 19.8 Å². The Balaban J connectivity index is 2.24. The van der Waals surface area contributed by atoms with Gasteiger partial charge < -0.3 is 29.5 Å². The maximum atomic E-state index is 12.5. The molecule has 4 N–H and O–H groups in total. The van der Waals surface area contributed by atoms with Crippen LogP contribution in [0.25, 0.3) is 0 Å². The number of ether oxygens (including phenoxy) is 2. The summed E-state index contributed by atoms with van der Waals surface area (Å²) in [4.78, 5) is 55.6. The zero-order valence-corrected chi connectivity index (χ0v) is 36.3. The summed E-state index contributed by atoms with van der Waals surface area (Å²) in [6.07, 6.45) is 35.1. The molecule has 0 saturated heterocycles. The Morgan fingerprint density at radius 1 is 0.719 bits per heavy atom. The van der Waals surface area contributed by atoms with Crippen molar-refractivity contribution in [2.24, 2.45) is 11.8 Å². The highest BCUT2D eigenvalue weighted by atomic mass is 31.2. The molecule has 0 aromatic heterocycles. The predicted octanol–water partition coefficient (Wildman–Crippen LogP) is 10.3. The van der Waals surface area contributed by atoms with Crippen LogP contribution in [0.2, 0.25) is 0 Å². The highest BCUT2D eigenvalue weighted by molar-refractivity contribution is 7.46. The number of aliphatic hydroxyl groups is 2. The van der Waals surface area contributed by atoms with E-state index in [0.717, 1.165) is 38.5 Å². The number of Topliss-reactive ketones (excluding diaryl/α,β-unsaturated/α-hetero) is 1. The second kappa shape index (κ2) is 34.7. The Hall–Kier alpha value is -2.14. The number of ketones is 1. The standard InChI is InChI=1S/C45H79O11P/c1-3-5-7-8-9-10-11-12-13-14-15-16-17-18-19-20-21-22-27-31-44(49)54-36-39(37-55-57(51,52)53)56-45(50)32-28-24-23-26-30-40-41(43(48)35-42(40)47)34-33-38(46)29-25-6-4-2/h12-13,23,26,33-34,38-41,43,46,48H,3-11,14-22,24-25,27-32,35-37H2,1-2H3,(H2,51,52,53)/b13-12-,26-23-,34-33+/t38-,39+,40+,41+,43+/m0/s1. The molecule has 1 rings (SSSR count). The lowest BCUT2D eigenvalue weighted by atomic mass is 9.90. The van der Waals surface area contributed by atoms with Crippen molar-refractivity contribution < 1.29 is 52.9 Å². The number of phosphoric acid groups is 1. The quantitative estimate of drug-likeness (QED) is 0.0203. The van der Waals surface area contributed by atoms with Crippen LogP contribution in [-0.2, 0) is 32.9 Å². The van der Waals surface area contributed by atoms with Crippen molar-refractivity contribution in [3.63, 3.8) is 0 Å². The predicted molar refractivity (Wildman–Crippen MR) is 226 cm³/mol. The van der Waals surface area contributed by atoms with Crippen molar-refractivity contribution >= 4 is 25.5 Å². The summed E-state index contributed by atoms with van der Waals surface area (Å²) in [5.41, 5.74) is 0. The van der Waals surface area contributed by atoms with Gasteiger partial charge in [0.25, 0.3) is 0 Å². The molecule has 12 heteroatoms. The van der Waals surface area contributed by atoms with E-state index in [0.29, 0.717) is 32.1 Å². The molecule has 0 aromatic rings. The van der Waals surface area contributed by atoms with Gasteiger partial charge in [-0.25, -0.2) is 4.57 Å². The number of carbonyl (C=O) groups is 3. The van der Waals surface area contributed by atoms with Gasteiger partial charge in [-0.2, -0.15) is 0 Å². The first-order chi connectivity index (χ1) is 27.5. The number of carbonyl (C=O) groups excluding carboxylic acids is 3. The van der Waals surface area contributed by atoms with E-state index in [1.165, 1.54) is 83.5 Å². The molecule has 1 aliphatic carbocycles. The molecule has 0 bridgehead atoms. The summed E-state index contributed by atoms with van der Waals surface area (Å²) in [5.74, 6) is -1.83. The minimum absolute atomic E-state index is 0.0147. The monoisotopic (exact) mass is 827 g/mol. The van der Waals surface area contributed by atoms with Gasteiger partial charge in [-0.1, -0.05) is 147 Å². The highest BCUT2D eigenvalue weighted by Crippen LogP contribution is 2.36. The van der Waals surface area contributed by atoms with Gasteiger partial charge in [-0.05, 0) is 57.8 Å². The summed E-state index contributed by atoms with van der Waals surface area (Å²) in [6.45, 7) is 3.36. The fraction of sp³-hybridized carbons (Fsp3) is 0.800. The van der Waals surface area contributed by atoms with Gasteiger partial charge in [0.15, 0.2) is 6.10 Å². The number of phosphoric ester groups is 1. The molecule has 1 fully saturated rings. The van der Waals surface area contributed by atoms with Crippen LogP contribution in [-0.4, -0.2) is 69.2 Å². The number of rotatable bonds is 37. The number of esters is 2. The SMILES string of the molecule is CCCCCCCC/C=C\CCCCCCCCCCCC(=O)OC[C@H](COP(=O)(O)O)OC(=O)CCC/C=C\C[C@H]1C(=O)C[C@@H](O)[C@@H]1/C=C/[C@@H](O)CCCCC. The van der Waals surface area contributed by atoms with E-state index in [4.69, 9.17) is 19.3 Å². The topological polar surface area (TPSA) is 177 Å². The number of aliphatic hydroxyl groups excluding tert-OH is 2. The van der Waals surface area contributed by atoms with E-state index in [1.807, 2.05) is 12.2 Å². The molecule has 11 nitrogen and oxygen atoms in total. The molecule has 0 aliphatic heterocycles. The maximum absolute atomic E-state index is 12.5. The van der Waals surface area contributed by atoms with E-state index < -0.39 is 44.7 Å². The molecule has 1 aliphatic rings. The Morgan fingerprint density at radius 2 is 1.25 bits per heavy atom. The number of hydrogen-bond donors (Lipinski definition) is 4. The van der Waals surface area contributed by atoms with Crippen LogP contribution in [0.3, 0.4) is 0 Å². The number of unbranched alkanes of at least 4 members (excludes halogenated alkanes) is 18. The van der Waals surface area contributed by atoms with Gasteiger partial charge in [-0.15, -0.1) is 0 Å². The van der Waals surface area contributed by atoms with Crippen LogP contribution in [0.4, 0.5) is 0 Å². The Labute approximate surface area is 344 Å². The maximum Gasteiger partial charge on any atom is 0.469 e. The second-order valence-corrected chi connectivity index (χ2v) is 17.0.